The summed E-state index contributed by atoms with van der Waals surface area (Å²) in [7, 11) is 1.87. The molecule has 0 radical (unpaired) electrons. The number of rotatable bonds is 5. The van der Waals surface area contributed by atoms with Gasteiger partial charge in [0.15, 0.2) is 5.69 Å². The van der Waals surface area contributed by atoms with Crippen molar-refractivity contribution in [2.24, 2.45) is 0 Å². The second-order valence-corrected chi connectivity index (χ2v) is 5.69. The summed E-state index contributed by atoms with van der Waals surface area (Å²) in [5.74, 6) is -0.0688. The molecular weight excluding hydrogens is 276 g/mol. The van der Waals surface area contributed by atoms with Crippen molar-refractivity contribution in [2.45, 2.75) is 26.2 Å². The number of carbonyl (C=O) groups excluding carboxylic acids is 1. The number of amides is 1. The Morgan fingerprint density at radius 2 is 2.09 bits per heavy atom. The van der Waals surface area contributed by atoms with E-state index in [0.717, 1.165) is 37.1 Å². The highest BCUT2D eigenvalue weighted by Gasteiger charge is 2.27. The molecule has 1 heterocycles. The third-order valence-corrected chi connectivity index (χ3v) is 4.15. The fourth-order valence-corrected chi connectivity index (χ4v) is 3.00. The highest BCUT2D eigenvalue weighted by Crippen LogP contribution is 2.28. The molecule has 3 rings (SSSR count). The molecule has 2 N–H and O–H groups in total. The molecule has 0 saturated heterocycles. The lowest BCUT2D eigenvalue weighted by molar-refractivity contribution is 0.0948. The second kappa shape index (κ2) is 6.32. The smallest absolute Gasteiger partial charge is 0.272 e. The number of carbonyl (C=O) groups is 1. The van der Waals surface area contributed by atoms with Crippen LogP contribution >= 0.6 is 0 Å². The van der Waals surface area contributed by atoms with Gasteiger partial charge >= 0.3 is 0 Å². The van der Waals surface area contributed by atoms with Crippen LogP contribution in [0.15, 0.2) is 24.3 Å². The van der Waals surface area contributed by atoms with E-state index in [-0.39, 0.29) is 5.91 Å². The van der Waals surface area contributed by atoms with Crippen LogP contribution in [0.1, 0.15) is 33.7 Å². The van der Waals surface area contributed by atoms with Crippen molar-refractivity contribution in [3.8, 4) is 5.69 Å². The van der Waals surface area contributed by atoms with Gasteiger partial charge in [-0.25, -0.2) is 4.68 Å². The molecule has 0 saturated carbocycles. The zero-order chi connectivity index (χ0) is 15.5. The molecule has 1 aliphatic rings. The van der Waals surface area contributed by atoms with Gasteiger partial charge in [-0.15, -0.1) is 0 Å². The summed E-state index contributed by atoms with van der Waals surface area (Å²) in [6.45, 7) is 3.44. The molecule has 5 heteroatoms. The molecule has 0 fully saturated rings. The average Bonchev–Trinajstić information content (AvgIpc) is 3.10. The van der Waals surface area contributed by atoms with Gasteiger partial charge in [-0.05, 0) is 44.9 Å². The minimum Gasteiger partial charge on any atom is -0.349 e. The number of fused-ring (bicyclic) bond motifs is 1. The van der Waals surface area contributed by atoms with Gasteiger partial charge in [0.1, 0.15) is 0 Å². The quantitative estimate of drug-likeness (QED) is 0.825. The Bertz CT molecular complexity index is 690. The van der Waals surface area contributed by atoms with E-state index in [9.17, 15) is 4.79 Å². The number of benzene rings is 1. The topological polar surface area (TPSA) is 58.9 Å². The Kier molecular flexibility index (Phi) is 4.24. The number of hydrogen-bond acceptors (Lipinski definition) is 3. The molecule has 1 amide bonds. The molecule has 0 spiro atoms. The van der Waals surface area contributed by atoms with E-state index in [1.807, 2.05) is 23.9 Å². The van der Waals surface area contributed by atoms with Crippen molar-refractivity contribution in [1.82, 2.24) is 20.4 Å². The van der Waals surface area contributed by atoms with Crippen LogP contribution < -0.4 is 10.6 Å². The molecule has 5 nitrogen and oxygen atoms in total. The molecule has 0 unspecified atom stereocenters. The molecule has 22 heavy (non-hydrogen) atoms. The van der Waals surface area contributed by atoms with Gasteiger partial charge in [-0.2, -0.15) is 5.10 Å². The maximum atomic E-state index is 12.4. The Morgan fingerprint density at radius 3 is 2.86 bits per heavy atom. The van der Waals surface area contributed by atoms with Crippen LogP contribution in [-0.4, -0.2) is 35.8 Å². The van der Waals surface area contributed by atoms with Gasteiger partial charge in [0.2, 0.25) is 0 Å². The fourth-order valence-electron chi connectivity index (χ4n) is 3.00. The van der Waals surface area contributed by atoms with Crippen molar-refractivity contribution in [3.63, 3.8) is 0 Å². The lowest BCUT2D eigenvalue weighted by Gasteiger charge is -2.08. The van der Waals surface area contributed by atoms with Gasteiger partial charge in [0.25, 0.3) is 5.91 Å². The maximum absolute atomic E-state index is 12.4. The summed E-state index contributed by atoms with van der Waals surface area (Å²) in [4.78, 5) is 12.4. The first kappa shape index (κ1) is 14.8. The highest BCUT2D eigenvalue weighted by atomic mass is 16.1. The van der Waals surface area contributed by atoms with Crippen molar-refractivity contribution < 1.29 is 4.79 Å². The number of aromatic nitrogens is 2. The van der Waals surface area contributed by atoms with Crippen LogP contribution in [0.3, 0.4) is 0 Å². The zero-order valence-electron chi connectivity index (χ0n) is 13.1. The predicted molar refractivity (Wildman–Crippen MR) is 86.6 cm³/mol. The Balaban J connectivity index is 1.95. The molecule has 0 bridgehead atoms. The van der Waals surface area contributed by atoms with Gasteiger partial charge < -0.3 is 10.6 Å². The first-order chi connectivity index (χ1) is 10.7. The Labute approximate surface area is 130 Å². The van der Waals surface area contributed by atoms with Gasteiger partial charge in [0.05, 0.1) is 5.69 Å². The van der Waals surface area contributed by atoms with E-state index in [1.165, 1.54) is 11.3 Å². The molecular formula is C17H22N4O. The van der Waals surface area contributed by atoms with Crippen LogP contribution in [0.4, 0.5) is 0 Å². The lowest BCUT2D eigenvalue weighted by Crippen LogP contribution is -2.31. The molecule has 1 aromatic heterocycles. The first-order valence-corrected chi connectivity index (χ1v) is 7.82. The second-order valence-electron chi connectivity index (χ2n) is 5.69. The Morgan fingerprint density at radius 1 is 1.27 bits per heavy atom. The highest BCUT2D eigenvalue weighted by molar-refractivity contribution is 5.94. The van der Waals surface area contributed by atoms with Crippen molar-refractivity contribution >= 4 is 5.91 Å². The molecule has 2 aromatic rings. The molecule has 116 valence electrons. The zero-order valence-corrected chi connectivity index (χ0v) is 13.1. The van der Waals surface area contributed by atoms with Crippen LogP contribution in [0.5, 0.6) is 0 Å². The van der Waals surface area contributed by atoms with E-state index in [2.05, 4.69) is 34.8 Å². The van der Waals surface area contributed by atoms with Gasteiger partial charge in [-0.1, -0.05) is 18.2 Å². The molecule has 1 aromatic carbocycles. The third kappa shape index (κ3) is 2.64. The molecule has 0 atom stereocenters. The number of hydrogen-bond donors (Lipinski definition) is 2. The number of para-hydroxylation sites is 1. The summed E-state index contributed by atoms with van der Waals surface area (Å²) in [5.41, 5.74) is 5.13. The fraction of sp³-hybridized carbons (Fsp3) is 0.412. The normalized spacial score (nSPS) is 13.2. The van der Waals surface area contributed by atoms with Crippen molar-refractivity contribution in [1.29, 1.82) is 0 Å². The average molecular weight is 298 g/mol. The summed E-state index contributed by atoms with van der Waals surface area (Å²) in [5, 5.41) is 10.6. The summed E-state index contributed by atoms with van der Waals surface area (Å²) >= 11 is 0. The minimum atomic E-state index is -0.0688. The van der Waals surface area contributed by atoms with Crippen LogP contribution in [0.25, 0.3) is 5.69 Å². The number of aryl methyl sites for hydroxylation is 1. The summed E-state index contributed by atoms with van der Waals surface area (Å²) < 4.78 is 1.96. The molecule has 0 aliphatic heterocycles. The van der Waals surface area contributed by atoms with Crippen LogP contribution in [0, 0.1) is 6.92 Å². The molecule has 1 aliphatic carbocycles. The third-order valence-electron chi connectivity index (χ3n) is 4.15. The van der Waals surface area contributed by atoms with Crippen LogP contribution in [-0.2, 0) is 12.8 Å². The summed E-state index contributed by atoms with van der Waals surface area (Å²) in [6, 6.07) is 8.17. The van der Waals surface area contributed by atoms with Crippen LogP contribution in [0.2, 0.25) is 0 Å². The predicted octanol–water partition coefficient (Wildman–Crippen LogP) is 1.62. The number of nitrogens with one attached hydrogen (secondary N) is 2. The maximum Gasteiger partial charge on any atom is 0.272 e. The standard InChI is InChI=1S/C17H22N4O/c1-12-6-3-4-8-14(12)21-15-9-5-7-13(15)16(20-21)17(22)19-11-10-18-2/h3-4,6,8,18H,5,7,9-11H2,1-2H3,(H,19,22). The summed E-state index contributed by atoms with van der Waals surface area (Å²) in [6.07, 6.45) is 3.02. The van der Waals surface area contributed by atoms with E-state index in [4.69, 9.17) is 0 Å². The monoisotopic (exact) mass is 298 g/mol. The van der Waals surface area contributed by atoms with Crippen molar-refractivity contribution in [2.75, 3.05) is 20.1 Å². The SMILES string of the molecule is CNCCNC(=O)c1nn(-c2ccccc2C)c2c1CCC2. The van der Waals surface area contributed by atoms with E-state index in [0.29, 0.717) is 12.2 Å². The first-order valence-electron chi connectivity index (χ1n) is 7.82. The number of nitrogens with zero attached hydrogens (tertiary/aromatic N) is 2. The van der Waals surface area contributed by atoms with Gasteiger partial charge in [0, 0.05) is 24.3 Å². The number of likely N-dealkylation sites (N-methyl/N-ethyl adjacent to an activating group) is 1. The van der Waals surface area contributed by atoms with E-state index < -0.39 is 0 Å². The Hall–Kier alpha value is -2.14. The van der Waals surface area contributed by atoms with Crippen molar-refractivity contribution in [3.05, 3.63) is 46.8 Å². The lowest BCUT2D eigenvalue weighted by atomic mass is 10.2. The minimum absolute atomic E-state index is 0.0688. The van der Waals surface area contributed by atoms with E-state index >= 15 is 0 Å². The van der Waals surface area contributed by atoms with Gasteiger partial charge in [-0.3, -0.25) is 4.79 Å². The van der Waals surface area contributed by atoms with E-state index in [1.54, 1.807) is 0 Å². The largest absolute Gasteiger partial charge is 0.349 e.